The van der Waals surface area contributed by atoms with Gasteiger partial charge >= 0.3 is 5.97 Å². The molecule has 0 amide bonds. The summed E-state index contributed by atoms with van der Waals surface area (Å²) < 4.78 is 0.827. The van der Waals surface area contributed by atoms with Crippen LogP contribution in [0.5, 0.6) is 0 Å². The van der Waals surface area contributed by atoms with Crippen LogP contribution in [0.3, 0.4) is 0 Å². The quantitative estimate of drug-likeness (QED) is 0.912. The first kappa shape index (κ1) is 14.4. The molecule has 1 heterocycles. The Labute approximate surface area is 122 Å². The van der Waals surface area contributed by atoms with Gasteiger partial charge in [0, 0.05) is 23.2 Å². The van der Waals surface area contributed by atoms with E-state index in [0.717, 1.165) is 35.1 Å². The van der Waals surface area contributed by atoms with Gasteiger partial charge in [-0.25, -0.2) is 4.79 Å². The van der Waals surface area contributed by atoms with Crippen molar-refractivity contribution in [3.05, 3.63) is 28.2 Å². The number of piperidine rings is 1. The maximum atomic E-state index is 11.1. The number of rotatable bonds is 3. The minimum absolute atomic E-state index is 0.343. The number of hydrogen-bond donors (Lipinski definition) is 1. The molecule has 1 aliphatic rings. The Morgan fingerprint density at radius 2 is 1.95 bits per heavy atom. The summed E-state index contributed by atoms with van der Waals surface area (Å²) in [5.41, 5.74) is 1.35. The summed E-state index contributed by atoms with van der Waals surface area (Å²) >= 11 is 3.39. The second-order valence-corrected chi connectivity index (χ2v) is 6.49. The Bertz CT molecular complexity index is 465. The summed E-state index contributed by atoms with van der Waals surface area (Å²) in [6, 6.07) is 5.41. The van der Waals surface area contributed by atoms with E-state index in [9.17, 15) is 4.79 Å². The molecule has 0 saturated carbocycles. The van der Waals surface area contributed by atoms with E-state index in [1.807, 2.05) is 6.07 Å². The van der Waals surface area contributed by atoms with Crippen molar-refractivity contribution >= 4 is 27.6 Å². The van der Waals surface area contributed by atoms with Crippen LogP contribution in [0.2, 0.25) is 0 Å². The third-order valence-corrected chi connectivity index (χ3v) is 4.43. The van der Waals surface area contributed by atoms with E-state index < -0.39 is 5.97 Å². The van der Waals surface area contributed by atoms with E-state index in [1.165, 1.54) is 12.8 Å². The van der Waals surface area contributed by atoms with Gasteiger partial charge in [0.25, 0.3) is 0 Å². The monoisotopic (exact) mass is 325 g/mol. The smallest absolute Gasteiger partial charge is 0.335 e. The molecule has 0 aliphatic carbocycles. The van der Waals surface area contributed by atoms with Crippen molar-refractivity contribution in [1.29, 1.82) is 0 Å². The Kier molecular flexibility index (Phi) is 4.50. The van der Waals surface area contributed by atoms with Crippen molar-refractivity contribution in [2.24, 2.45) is 11.8 Å². The zero-order chi connectivity index (χ0) is 14.0. The molecule has 0 atom stereocenters. The number of anilines is 1. The highest BCUT2D eigenvalue weighted by atomic mass is 79.9. The van der Waals surface area contributed by atoms with Crippen LogP contribution in [0, 0.1) is 11.8 Å². The molecule has 19 heavy (non-hydrogen) atoms. The van der Waals surface area contributed by atoms with Gasteiger partial charge in [0.05, 0.1) is 5.56 Å². The summed E-state index contributed by atoms with van der Waals surface area (Å²) in [6.45, 7) is 6.58. The van der Waals surface area contributed by atoms with Gasteiger partial charge in [0.1, 0.15) is 0 Å². The van der Waals surface area contributed by atoms with Crippen molar-refractivity contribution in [1.82, 2.24) is 0 Å². The highest BCUT2D eigenvalue weighted by Gasteiger charge is 2.22. The maximum Gasteiger partial charge on any atom is 0.335 e. The lowest BCUT2D eigenvalue weighted by Crippen LogP contribution is -2.35. The Hall–Kier alpha value is -1.03. The first-order valence-corrected chi connectivity index (χ1v) is 7.55. The number of benzene rings is 1. The molecular weight excluding hydrogens is 306 g/mol. The summed E-state index contributed by atoms with van der Waals surface area (Å²) in [5, 5.41) is 9.11. The molecule has 1 aromatic rings. The summed E-state index contributed by atoms with van der Waals surface area (Å²) in [7, 11) is 0. The Balaban J connectivity index is 2.13. The average molecular weight is 326 g/mol. The standard InChI is InChI=1S/C15H20BrNO2/c1-10(2)11-3-5-17(6-4-11)14-8-12(15(18)19)7-13(16)9-14/h7-11H,3-6H2,1-2H3,(H,18,19). The summed E-state index contributed by atoms with van der Waals surface area (Å²) in [5.74, 6) is 0.654. The van der Waals surface area contributed by atoms with Gasteiger partial charge in [-0.05, 0) is 42.9 Å². The largest absolute Gasteiger partial charge is 0.478 e. The zero-order valence-corrected chi connectivity index (χ0v) is 13.0. The highest BCUT2D eigenvalue weighted by Crippen LogP contribution is 2.30. The first-order valence-electron chi connectivity index (χ1n) is 6.76. The molecule has 104 valence electrons. The lowest BCUT2D eigenvalue weighted by atomic mass is 9.86. The molecule has 1 saturated heterocycles. The van der Waals surface area contributed by atoms with Gasteiger partial charge in [0.2, 0.25) is 0 Å². The fourth-order valence-electron chi connectivity index (χ4n) is 2.70. The average Bonchev–Trinajstić information content (AvgIpc) is 2.38. The predicted molar refractivity (Wildman–Crippen MR) is 80.9 cm³/mol. The number of halogens is 1. The van der Waals surface area contributed by atoms with Gasteiger partial charge in [-0.1, -0.05) is 29.8 Å². The zero-order valence-electron chi connectivity index (χ0n) is 11.4. The van der Waals surface area contributed by atoms with Crippen molar-refractivity contribution in [3.63, 3.8) is 0 Å². The molecule has 0 bridgehead atoms. The molecule has 4 heteroatoms. The van der Waals surface area contributed by atoms with Gasteiger partial charge in [-0.2, -0.15) is 0 Å². The van der Waals surface area contributed by atoms with Gasteiger partial charge in [-0.15, -0.1) is 0 Å². The van der Waals surface area contributed by atoms with Crippen molar-refractivity contribution in [2.45, 2.75) is 26.7 Å². The van der Waals surface area contributed by atoms with E-state index >= 15 is 0 Å². The van der Waals surface area contributed by atoms with Crippen molar-refractivity contribution < 1.29 is 9.90 Å². The number of carboxylic acid groups (broad SMARTS) is 1. The van der Waals surface area contributed by atoms with Crippen LogP contribution in [-0.4, -0.2) is 24.2 Å². The topological polar surface area (TPSA) is 40.5 Å². The Morgan fingerprint density at radius 3 is 2.47 bits per heavy atom. The first-order chi connectivity index (χ1) is 8.97. The second kappa shape index (κ2) is 5.95. The lowest BCUT2D eigenvalue weighted by Gasteiger charge is -2.35. The van der Waals surface area contributed by atoms with Crippen LogP contribution in [-0.2, 0) is 0 Å². The molecule has 1 fully saturated rings. The third kappa shape index (κ3) is 3.50. The fourth-order valence-corrected chi connectivity index (χ4v) is 3.19. The predicted octanol–water partition coefficient (Wildman–Crippen LogP) is 4.02. The number of carboxylic acids is 1. The molecule has 0 aromatic heterocycles. The molecule has 0 radical (unpaired) electrons. The minimum atomic E-state index is -0.875. The molecule has 1 N–H and O–H groups in total. The second-order valence-electron chi connectivity index (χ2n) is 5.57. The SMILES string of the molecule is CC(C)C1CCN(c2cc(Br)cc(C(=O)O)c2)CC1. The van der Waals surface area contributed by atoms with Crippen LogP contribution < -0.4 is 4.90 Å². The highest BCUT2D eigenvalue weighted by molar-refractivity contribution is 9.10. The van der Waals surface area contributed by atoms with E-state index in [2.05, 4.69) is 34.7 Å². The normalized spacial score (nSPS) is 16.9. The lowest BCUT2D eigenvalue weighted by molar-refractivity contribution is 0.0697. The third-order valence-electron chi connectivity index (χ3n) is 3.98. The molecule has 1 aliphatic heterocycles. The number of nitrogens with zero attached hydrogens (tertiary/aromatic N) is 1. The molecule has 2 rings (SSSR count). The number of hydrogen-bond acceptors (Lipinski definition) is 2. The van der Waals surface area contributed by atoms with Gasteiger partial charge in [-0.3, -0.25) is 0 Å². The molecule has 0 unspecified atom stereocenters. The van der Waals surface area contributed by atoms with Crippen LogP contribution in [0.1, 0.15) is 37.0 Å². The molecule has 3 nitrogen and oxygen atoms in total. The van der Waals surface area contributed by atoms with Crippen LogP contribution in [0.25, 0.3) is 0 Å². The number of aromatic carboxylic acids is 1. The van der Waals surface area contributed by atoms with Crippen LogP contribution >= 0.6 is 15.9 Å². The number of carbonyl (C=O) groups is 1. The van der Waals surface area contributed by atoms with E-state index in [1.54, 1.807) is 12.1 Å². The molecule has 0 spiro atoms. The van der Waals surface area contributed by atoms with E-state index in [0.29, 0.717) is 5.56 Å². The van der Waals surface area contributed by atoms with Crippen LogP contribution in [0.4, 0.5) is 5.69 Å². The minimum Gasteiger partial charge on any atom is -0.478 e. The Morgan fingerprint density at radius 1 is 1.32 bits per heavy atom. The van der Waals surface area contributed by atoms with E-state index in [4.69, 9.17) is 5.11 Å². The maximum absolute atomic E-state index is 11.1. The van der Waals surface area contributed by atoms with Crippen molar-refractivity contribution in [2.75, 3.05) is 18.0 Å². The van der Waals surface area contributed by atoms with Gasteiger partial charge < -0.3 is 10.0 Å². The summed E-state index contributed by atoms with van der Waals surface area (Å²) in [6.07, 6.45) is 2.37. The summed E-state index contributed by atoms with van der Waals surface area (Å²) in [4.78, 5) is 13.4. The van der Waals surface area contributed by atoms with E-state index in [-0.39, 0.29) is 0 Å². The van der Waals surface area contributed by atoms with Gasteiger partial charge in [0.15, 0.2) is 0 Å². The molecule has 1 aromatic carbocycles. The molecular formula is C15H20BrNO2. The fraction of sp³-hybridized carbons (Fsp3) is 0.533. The van der Waals surface area contributed by atoms with Crippen molar-refractivity contribution in [3.8, 4) is 0 Å². The van der Waals surface area contributed by atoms with Crippen LogP contribution in [0.15, 0.2) is 22.7 Å².